The molecule has 0 saturated carbocycles. The number of hydrogen-bond acceptors (Lipinski definition) is 7. The molecule has 0 amide bonds. The Labute approximate surface area is 414 Å². The van der Waals surface area contributed by atoms with E-state index >= 15 is 0 Å². The Morgan fingerprint density at radius 2 is 0.829 bits per heavy atom. The second kappa shape index (κ2) is 24.0. The number of fused-ring (bicyclic) bond motifs is 3. The third kappa shape index (κ3) is 11.5. The van der Waals surface area contributed by atoms with Gasteiger partial charge in [-0.1, -0.05) is 91.0 Å². The van der Waals surface area contributed by atoms with Crippen LogP contribution in [0.2, 0.25) is 6.82 Å². The fourth-order valence-electron chi connectivity index (χ4n) is 9.60. The van der Waals surface area contributed by atoms with Crippen molar-refractivity contribution < 1.29 is 32.4 Å². The van der Waals surface area contributed by atoms with Gasteiger partial charge in [-0.15, -0.1) is 12.4 Å². The SMILES string of the molecule is Cl.[C-]#[N+]c1ccc2c(c1)COC2(CCCN)c1ccc(F)cc1.[C-]#[N+]c1ccc2c(c1)COC2(CCCN)c1ccc(F)cc1.[C-]#[N+]c1ccc2c(c1)COC2(CCCNB(C)O)c1ccc(F)cc1. The summed E-state index contributed by atoms with van der Waals surface area (Å²) in [6, 6.07) is 36.2. The molecule has 3 unspecified atom stereocenters. The van der Waals surface area contributed by atoms with E-state index in [1.807, 2.05) is 36.4 Å². The third-order valence-corrected chi connectivity index (χ3v) is 12.9. The van der Waals surface area contributed by atoms with Crippen LogP contribution in [0.3, 0.4) is 0 Å². The molecule has 0 fully saturated rings. The van der Waals surface area contributed by atoms with E-state index in [0.29, 0.717) is 62.9 Å². The van der Waals surface area contributed by atoms with Gasteiger partial charge in [0.15, 0.2) is 17.1 Å². The molecule has 6 N–H and O–H groups in total. The Morgan fingerprint density at radius 1 is 0.529 bits per heavy atom. The highest BCUT2D eigenvalue weighted by atomic mass is 35.5. The predicted octanol–water partition coefficient (Wildman–Crippen LogP) is 11.8. The molecular formula is C55H55BClF3N6O4. The Kier molecular flexibility index (Phi) is 18.2. The summed E-state index contributed by atoms with van der Waals surface area (Å²) in [5.41, 5.74) is 20.3. The van der Waals surface area contributed by atoms with E-state index in [-0.39, 0.29) is 29.9 Å². The van der Waals surface area contributed by atoms with Gasteiger partial charge in [0.1, 0.15) is 34.3 Å². The van der Waals surface area contributed by atoms with Gasteiger partial charge in [-0.3, -0.25) is 0 Å². The van der Waals surface area contributed by atoms with Crippen molar-refractivity contribution in [3.63, 3.8) is 0 Å². The monoisotopic (exact) mass is 966 g/mol. The summed E-state index contributed by atoms with van der Waals surface area (Å²) in [6.45, 7) is 26.3. The van der Waals surface area contributed by atoms with E-state index in [1.165, 1.54) is 36.4 Å². The highest BCUT2D eigenvalue weighted by Gasteiger charge is 2.43. The van der Waals surface area contributed by atoms with E-state index < -0.39 is 23.9 Å². The van der Waals surface area contributed by atoms with Crippen LogP contribution < -0.4 is 16.7 Å². The van der Waals surface area contributed by atoms with Gasteiger partial charge in [0.05, 0.1) is 39.5 Å². The molecule has 0 bridgehead atoms. The Morgan fingerprint density at radius 3 is 1.10 bits per heavy atom. The smallest absolute Gasteiger partial charge is 0.373 e. The Hall–Kier alpha value is -6.35. The summed E-state index contributed by atoms with van der Waals surface area (Å²) in [4.78, 5) is 10.4. The van der Waals surface area contributed by atoms with Crippen LogP contribution in [0.1, 0.15) is 88.6 Å². The molecule has 9 rings (SSSR count). The van der Waals surface area contributed by atoms with Gasteiger partial charge in [-0.2, -0.15) is 0 Å². The molecule has 70 heavy (non-hydrogen) atoms. The molecule has 0 aliphatic carbocycles. The minimum atomic E-state index is -0.649. The summed E-state index contributed by atoms with van der Waals surface area (Å²) in [5, 5.41) is 12.3. The number of nitrogens with one attached hydrogen (secondary N) is 1. The zero-order valence-corrected chi connectivity index (χ0v) is 39.7. The number of nitrogens with zero attached hydrogens (tertiary/aromatic N) is 3. The van der Waals surface area contributed by atoms with Crippen molar-refractivity contribution in [3.05, 3.63) is 229 Å². The lowest BCUT2D eigenvalue weighted by atomic mass is 9.81. The van der Waals surface area contributed by atoms with Gasteiger partial charge in [-0.05, 0) is 151 Å². The van der Waals surface area contributed by atoms with Gasteiger partial charge in [0, 0.05) is 0 Å². The molecule has 3 heterocycles. The molecular weight excluding hydrogens is 912 g/mol. The maximum absolute atomic E-state index is 13.4. The number of benzene rings is 6. The number of halogens is 4. The number of nitrogens with two attached hydrogens (primary N) is 2. The molecule has 3 aliphatic rings. The zero-order chi connectivity index (χ0) is 49.0. The lowest BCUT2D eigenvalue weighted by molar-refractivity contribution is -0.0128. The van der Waals surface area contributed by atoms with E-state index in [9.17, 15) is 18.2 Å². The molecule has 3 aliphatic heterocycles. The largest absolute Gasteiger partial charge is 0.437 e. The van der Waals surface area contributed by atoms with Crippen molar-refractivity contribution in [2.45, 2.75) is 82.0 Å². The lowest BCUT2D eigenvalue weighted by Gasteiger charge is -2.31. The third-order valence-electron chi connectivity index (χ3n) is 12.9. The van der Waals surface area contributed by atoms with Gasteiger partial charge in [0.2, 0.25) is 0 Å². The van der Waals surface area contributed by atoms with Crippen LogP contribution >= 0.6 is 12.4 Å². The fourth-order valence-corrected chi connectivity index (χ4v) is 9.60. The minimum absolute atomic E-state index is 0. The molecule has 0 radical (unpaired) electrons. The second-order valence-electron chi connectivity index (χ2n) is 17.2. The molecule has 0 spiro atoms. The van der Waals surface area contributed by atoms with Crippen LogP contribution in [0.25, 0.3) is 14.5 Å². The van der Waals surface area contributed by atoms with E-state index in [2.05, 4.69) is 19.8 Å². The maximum Gasteiger partial charge on any atom is 0.373 e. The molecule has 0 saturated heterocycles. The van der Waals surface area contributed by atoms with Crippen molar-refractivity contribution in [1.29, 1.82) is 0 Å². The van der Waals surface area contributed by atoms with Crippen LogP contribution in [0.5, 0.6) is 0 Å². The normalized spacial score (nSPS) is 19.0. The second-order valence-corrected chi connectivity index (χ2v) is 17.2. The summed E-state index contributed by atoms with van der Waals surface area (Å²) < 4.78 is 58.4. The van der Waals surface area contributed by atoms with E-state index in [4.69, 9.17) is 45.4 Å². The highest BCUT2D eigenvalue weighted by Crippen LogP contribution is 2.49. The molecule has 6 aromatic rings. The first-order valence-electron chi connectivity index (χ1n) is 23.0. The average molecular weight is 967 g/mol. The first-order valence-corrected chi connectivity index (χ1v) is 23.0. The van der Waals surface area contributed by atoms with Crippen LogP contribution in [0.15, 0.2) is 127 Å². The molecule has 360 valence electrons. The predicted molar refractivity (Wildman–Crippen MR) is 269 cm³/mol. The van der Waals surface area contributed by atoms with Gasteiger partial charge in [0.25, 0.3) is 0 Å². The first kappa shape index (κ1) is 53.0. The van der Waals surface area contributed by atoms with Crippen LogP contribution in [0, 0.1) is 37.2 Å². The summed E-state index contributed by atoms with van der Waals surface area (Å²) in [5.74, 6) is -0.810. The molecule has 0 aromatic heterocycles. The van der Waals surface area contributed by atoms with Crippen molar-refractivity contribution >= 4 is 36.5 Å². The summed E-state index contributed by atoms with van der Waals surface area (Å²) in [6.07, 6.45) is 4.57. The Balaban J connectivity index is 0.000000171. The Bertz CT molecular complexity index is 2730. The lowest BCUT2D eigenvalue weighted by Crippen LogP contribution is -2.33. The quantitative estimate of drug-likeness (QED) is 0.0487. The van der Waals surface area contributed by atoms with Crippen molar-refractivity contribution in [2.75, 3.05) is 19.6 Å². The summed E-state index contributed by atoms with van der Waals surface area (Å²) >= 11 is 0. The fraction of sp³-hybridized carbons (Fsp3) is 0.291. The highest BCUT2D eigenvalue weighted by molar-refractivity contribution is 6.45. The van der Waals surface area contributed by atoms with Crippen LogP contribution in [0.4, 0.5) is 30.2 Å². The molecule has 6 aromatic carbocycles. The maximum atomic E-state index is 13.4. The minimum Gasteiger partial charge on any atom is -0.437 e. The van der Waals surface area contributed by atoms with E-state index in [0.717, 1.165) is 82.2 Å². The van der Waals surface area contributed by atoms with E-state index in [1.54, 1.807) is 61.4 Å². The van der Waals surface area contributed by atoms with Crippen LogP contribution in [-0.4, -0.2) is 31.7 Å². The standard InChI is InChI=1S/C19H20BFN2O2.2C18H17FN2O.ClH/c1-20(24)23-11-3-10-19(15-4-6-16(21)7-5-15)18-9-8-17(22-2)12-14(18)13-25-19;2*1-21-16-7-8-17-13(11-16)12-22-18(17,9-2-10-20)14-3-5-15(19)6-4-14;/h4-9,12,23-24H,3,10-11,13H2,1H3;2*3-8,11H,2,9-10,12,20H2;1H. The van der Waals surface area contributed by atoms with Crippen molar-refractivity contribution in [3.8, 4) is 0 Å². The topological polar surface area (TPSA) is 125 Å². The number of hydrogen-bond donors (Lipinski definition) is 4. The zero-order valence-electron chi connectivity index (χ0n) is 38.9. The van der Waals surface area contributed by atoms with Crippen LogP contribution in [-0.2, 0) is 50.8 Å². The van der Waals surface area contributed by atoms with Gasteiger partial charge in [-0.25, -0.2) is 27.7 Å². The first-order chi connectivity index (χ1) is 33.4. The van der Waals surface area contributed by atoms with Crippen molar-refractivity contribution in [2.24, 2.45) is 11.5 Å². The number of ether oxygens (including phenoxy) is 3. The van der Waals surface area contributed by atoms with Crippen molar-refractivity contribution in [1.82, 2.24) is 5.23 Å². The summed E-state index contributed by atoms with van der Waals surface area (Å²) in [7, 11) is -0.556. The van der Waals surface area contributed by atoms with Gasteiger partial charge >= 0.3 is 7.05 Å². The van der Waals surface area contributed by atoms with Gasteiger partial charge < -0.3 is 35.9 Å². The molecule has 10 nitrogen and oxygen atoms in total. The average Bonchev–Trinajstić information content (AvgIpc) is 4.07. The number of rotatable bonds is 14. The molecule has 15 heteroatoms. The molecule has 3 atom stereocenters.